The van der Waals surface area contributed by atoms with E-state index < -0.39 is 0 Å². The second-order valence-corrected chi connectivity index (χ2v) is 3.76. The highest BCUT2D eigenvalue weighted by molar-refractivity contribution is 6.02. The van der Waals surface area contributed by atoms with Crippen LogP contribution in [0.2, 0.25) is 0 Å². The lowest BCUT2D eigenvalue weighted by molar-refractivity contribution is 0.181. The van der Waals surface area contributed by atoms with Crippen LogP contribution in [-0.2, 0) is 4.74 Å². The first-order chi connectivity index (χ1) is 7.86. The van der Waals surface area contributed by atoms with Gasteiger partial charge in [-0.2, -0.15) is 0 Å². The molecule has 0 bridgehead atoms. The molecule has 1 amide bonds. The Hall–Kier alpha value is -2.03. The van der Waals surface area contributed by atoms with Gasteiger partial charge in [-0.05, 0) is 11.5 Å². The molecule has 0 unspecified atom stereocenters. The van der Waals surface area contributed by atoms with Crippen molar-refractivity contribution in [3.63, 3.8) is 0 Å². The van der Waals surface area contributed by atoms with E-state index >= 15 is 0 Å². The van der Waals surface area contributed by atoms with Crippen LogP contribution >= 0.6 is 0 Å². The highest BCUT2D eigenvalue weighted by atomic mass is 16.6. The molecule has 1 fully saturated rings. The molecule has 3 heteroatoms. The summed E-state index contributed by atoms with van der Waals surface area (Å²) in [6, 6.07) is 14.0. The number of cyclic esters (lactones) is 1. The minimum atomic E-state index is -0.253. The van der Waals surface area contributed by atoms with Gasteiger partial charge in [0.05, 0.1) is 12.2 Å². The molecule has 0 atom stereocenters. The number of ether oxygens (including phenoxy) is 1. The Morgan fingerprint density at radius 2 is 1.88 bits per heavy atom. The summed E-state index contributed by atoms with van der Waals surface area (Å²) in [6.45, 7) is 1.11. The standard InChI is InChI=1S/C13H11NO2/c15-13-14(8-9-16-13)12-7-3-5-10-4-1-2-6-11(10)12/h1-7H,8-9H2. The summed E-state index contributed by atoms with van der Waals surface area (Å²) < 4.78 is 4.96. The van der Waals surface area contributed by atoms with Gasteiger partial charge in [0.2, 0.25) is 0 Å². The van der Waals surface area contributed by atoms with Crippen LogP contribution in [0.1, 0.15) is 0 Å². The number of hydrogen-bond donors (Lipinski definition) is 0. The fourth-order valence-corrected chi connectivity index (χ4v) is 2.06. The van der Waals surface area contributed by atoms with Crippen LogP contribution < -0.4 is 4.90 Å². The first kappa shape index (κ1) is 9.21. The lowest BCUT2D eigenvalue weighted by atomic mass is 10.1. The molecule has 1 saturated heterocycles. The molecular formula is C13H11NO2. The summed E-state index contributed by atoms with van der Waals surface area (Å²) in [5.41, 5.74) is 0.931. The number of fused-ring (bicyclic) bond motifs is 1. The smallest absolute Gasteiger partial charge is 0.414 e. The molecule has 0 N–H and O–H groups in total. The number of carbonyl (C=O) groups excluding carboxylic acids is 1. The summed E-state index contributed by atoms with van der Waals surface area (Å²) in [5, 5.41) is 2.23. The second kappa shape index (κ2) is 3.52. The van der Waals surface area contributed by atoms with E-state index in [2.05, 4.69) is 0 Å². The molecule has 0 aromatic heterocycles. The van der Waals surface area contributed by atoms with Gasteiger partial charge in [-0.15, -0.1) is 0 Å². The molecular weight excluding hydrogens is 202 g/mol. The molecule has 0 spiro atoms. The Morgan fingerprint density at radius 1 is 1.06 bits per heavy atom. The molecule has 2 aromatic rings. The molecule has 3 nitrogen and oxygen atoms in total. The summed E-state index contributed by atoms with van der Waals surface area (Å²) in [5.74, 6) is 0. The van der Waals surface area contributed by atoms with Crippen molar-refractivity contribution in [3.8, 4) is 0 Å². The van der Waals surface area contributed by atoms with E-state index in [0.29, 0.717) is 13.2 Å². The van der Waals surface area contributed by atoms with Crippen LogP contribution in [-0.4, -0.2) is 19.2 Å². The number of benzene rings is 2. The van der Waals surface area contributed by atoms with E-state index in [0.717, 1.165) is 16.5 Å². The van der Waals surface area contributed by atoms with Crippen LogP contribution in [0.25, 0.3) is 10.8 Å². The van der Waals surface area contributed by atoms with Gasteiger partial charge in [0, 0.05) is 5.39 Å². The SMILES string of the molecule is O=C1OCCN1c1cccc2ccccc12. The predicted octanol–water partition coefficient (Wildman–Crippen LogP) is 2.80. The first-order valence-corrected chi connectivity index (χ1v) is 5.28. The number of hydrogen-bond acceptors (Lipinski definition) is 2. The molecule has 3 rings (SSSR count). The quantitative estimate of drug-likeness (QED) is 0.729. The van der Waals surface area contributed by atoms with Crippen LogP contribution in [0.15, 0.2) is 42.5 Å². The van der Waals surface area contributed by atoms with Gasteiger partial charge in [-0.25, -0.2) is 4.79 Å². The van der Waals surface area contributed by atoms with Crippen molar-refractivity contribution >= 4 is 22.6 Å². The maximum atomic E-state index is 11.5. The fourth-order valence-electron chi connectivity index (χ4n) is 2.06. The Kier molecular flexibility index (Phi) is 2.03. The Morgan fingerprint density at radius 3 is 2.69 bits per heavy atom. The Bertz CT molecular complexity index is 545. The molecule has 0 aliphatic carbocycles. The van der Waals surface area contributed by atoms with E-state index in [-0.39, 0.29) is 6.09 Å². The molecule has 1 aliphatic rings. The van der Waals surface area contributed by atoms with Gasteiger partial charge >= 0.3 is 6.09 Å². The minimum Gasteiger partial charge on any atom is -0.447 e. The van der Waals surface area contributed by atoms with Gasteiger partial charge in [0.25, 0.3) is 0 Å². The average molecular weight is 213 g/mol. The third-order valence-corrected chi connectivity index (χ3v) is 2.82. The largest absolute Gasteiger partial charge is 0.447 e. The monoisotopic (exact) mass is 213 g/mol. The number of rotatable bonds is 1. The van der Waals surface area contributed by atoms with E-state index in [9.17, 15) is 4.79 Å². The normalized spacial score (nSPS) is 15.5. The predicted molar refractivity (Wildman–Crippen MR) is 62.6 cm³/mol. The molecule has 80 valence electrons. The highest BCUT2D eigenvalue weighted by Crippen LogP contribution is 2.28. The third kappa shape index (κ3) is 1.33. The van der Waals surface area contributed by atoms with Crippen molar-refractivity contribution in [3.05, 3.63) is 42.5 Å². The molecule has 0 saturated carbocycles. The maximum absolute atomic E-state index is 11.5. The van der Waals surface area contributed by atoms with E-state index in [4.69, 9.17) is 4.74 Å². The molecule has 1 heterocycles. The van der Waals surface area contributed by atoms with Crippen molar-refractivity contribution in [2.45, 2.75) is 0 Å². The summed E-state index contributed by atoms with van der Waals surface area (Å²) in [7, 11) is 0. The van der Waals surface area contributed by atoms with Crippen molar-refractivity contribution in [1.29, 1.82) is 0 Å². The number of carbonyl (C=O) groups is 1. The zero-order valence-corrected chi connectivity index (χ0v) is 8.72. The van der Waals surface area contributed by atoms with Crippen LogP contribution in [0, 0.1) is 0 Å². The van der Waals surface area contributed by atoms with Crippen molar-refractivity contribution in [2.75, 3.05) is 18.1 Å². The van der Waals surface area contributed by atoms with E-state index in [1.807, 2.05) is 42.5 Å². The van der Waals surface area contributed by atoms with Gasteiger partial charge in [-0.3, -0.25) is 4.90 Å². The van der Waals surface area contributed by atoms with Crippen molar-refractivity contribution in [2.24, 2.45) is 0 Å². The second-order valence-electron chi connectivity index (χ2n) is 3.76. The summed E-state index contributed by atoms with van der Waals surface area (Å²) >= 11 is 0. The molecule has 16 heavy (non-hydrogen) atoms. The number of anilines is 1. The first-order valence-electron chi connectivity index (χ1n) is 5.28. The van der Waals surface area contributed by atoms with Gasteiger partial charge < -0.3 is 4.74 Å². The highest BCUT2D eigenvalue weighted by Gasteiger charge is 2.24. The Balaban J connectivity index is 2.19. The summed E-state index contributed by atoms with van der Waals surface area (Å²) in [4.78, 5) is 13.2. The molecule has 2 aromatic carbocycles. The maximum Gasteiger partial charge on any atom is 0.414 e. The third-order valence-electron chi connectivity index (χ3n) is 2.82. The Labute approximate surface area is 93.2 Å². The topological polar surface area (TPSA) is 29.5 Å². The van der Waals surface area contributed by atoms with Crippen molar-refractivity contribution < 1.29 is 9.53 Å². The van der Waals surface area contributed by atoms with E-state index in [1.54, 1.807) is 4.90 Å². The van der Waals surface area contributed by atoms with Crippen LogP contribution in [0.5, 0.6) is 0 Å². The summed E-state index contributed by atoms with van der Waals surface area (Å²) in [6.07, 6.45) is -0.253. The zero-order chi connectivity index (χ0) is 11.0. The van der Waals surface area contributed by atoms with Gasteiger partial charge in [-0.1, -0.05) is 36.4 Å². The fraction of sp³-hybridized carbons (Fsp3) is 0.154. The van der Waals surface area contributed by atoms with Gasteiger partial charge in [0.1, 0.15) is 6.61 Å². The minimum absolute atomic E-state index is 0.253. The van der Waals surface area contributed by atoms with Gasteiger partial charge in [0.15, 0.2) is 0 Å². The van der Waals surface area contributed by atoms with Crippen LogP contribution in [0.4, 0.5) is 10.5 Å². The lowest BCUT2D eigenvalue weighted by Gasteiger charge is -2.15. The number of nitrogens with zero attached hydrogens (tertiary/aromatic N) is 1. The van der Waals surface area contributed by atoms with Crippen LogP contribution in [0.3, 0.4) is 0 Å². The lowest BCUT2D eigenvalue weighted by Crippen LogP contribution is -2.23. The average Bonchev–Trinajstić information content (AvgIpc) is 2.75. The van der Waals surface area contributed by atoms with E-state index in [1.165, 1.54) is 0 Å². The number of amides is 1. The molecule has 1 aliphatic heterocycles. The molecule has 0 radical (unpaired) electrons. The zero-order valence-electron chi connectivity index (χ0n) is 8.72. The van der Waals surface area contributed by atoms with Crippen molar-refractivity contribution in [1.82, 2.24) is 0 Å².